The van der Waals surface area contributed by atoms with Crippen LogP contribution in [0.4, 0.5) is 0 Å². The average Bonchev–Trinajstić information content (AvgIpc) is 2.68. The summed E-state index contributed by atoms with van der Waals surface area (Å²) in [5.41, 5.74) is -0.139. The first-order chi connectivity index (χ1) is 13.7. The van der Waals surface area contributed by atoms with Gasteiger partial charge in [-0.15, -0.1) is 24.0 Å². The Balaban J connectivity index is 0.00000450. The third-order valence-electron chi connectivity index (χ3n) is 4.71. The first-order valence-electron chi connectivity index (χ1n) is 9.92. The van der Waals surface area contributed by atoms with Crippen molar-refractivity contribution < 1.29 is 13.2 Å². The van der Waals surface area contributed by atoms with Crippen LogP contribution in [-0.4, -0.2) is 53.1 Å². The lowest BCUT2D eigenvalue weighted by Crippen LogP contribution is -2.43. The van der Waals surface area contributed by atoms with Crippen LogP contribution in [0.2, 0.25) is 0 Å². The summed E-state index contributed by atoms with van der Waals surface area (Å²) >= 11 is 0. The number of nitrogens with one attached hydrogen (secondary N) is 2. The van der Waals surface area contributed by atoms with Gasteiger partial charge in [0.25, 0.3) is 0 Å². The minimum absolute atomic E-state index is 0. The monoisotopic (exact) mass is 547 g/mol. The van der Waals surface area contributed by atoms with Gasteiger partial charge in [0.05, 0.1) is 12.4 Å². The molecular weight excluding hydrogens is 513 g/mol. The van der Waals surface area contributed by atoms with Crippen molar-refractivity contribution in [2.24, 2.45) is 10.4 Å². The van der Waals surface area contributed by atoms with Gasteiger partial charge in [-0.2, -0.15) is 0 Å². The molecule has 6 nitrogen and oxygen atoms in total. The molecule has 0 saturated carbocycles. The standard InChI is InChI=1S/C22H33N3O3S.HI/c1-22(2,12-15-29(4,26)27)17-25-21(23-3)24-13-7-14-28-20-11-10-18-8-5-6-9-19(18)16-20;/h5-6,8-11,16H,7,12-15,17H2,1-4H3,(H2,23,24,25);1H. The summed E-state index contributed by atoms with van der Waals surface area (Å²) in [6.45, 7) is 6.10. The fraction of sp³-hybridized carbons (Fsp3) is 0.500. The number of halogens is 1. The Morgan fingerprint density at radius 2 is 1.80 bits per heavy atom. The average molecular weight is 548 g/mol. The van der Waals surface area contributed by atoms with Gasteiger partial charge in [-0.1, -0.05) is 44.2 Å². The van der Waals surface area contributed by atoms with Gasteiger partial charge in [0.2, 0.25) is 0 Å². The highest BCUT2D eigenvalue weighted by atomic mass is 127. The molecule has 0 bridgehead atoms. The summed E-state index contributed by atoms with van der Waals surface area (Å²) in [6.07, 6.45) is 2.72. The fourth-order valence-electron chi connectivity index (χ4n) is 2.82. The van der Waals surface area contributed by atoms with Crippen molar-refractivity contribution in [2.75, 3.05) is 38.8 Å². The lowest BCUT2D eigenvalue weighted by atomic mass is 9.90. The van der Waals surface area contributed by atoms with E-state index >= 15 is 0 Å². The Morgan fingerprint density at radius 1 is 1.10 bits per heavy atom. The molecule has 2 aromatic rings. The molecule has 0 aromatic heterocycles. The minimum atomic E-state index is -2.94. The van der Waals surface area contributed by atoms with E-state index in [-0.39, 0.29) is 35.1 Å². The van der Waals surface area contributed by atoms with Crippen molar-refractivity contribution in [1.82, 2.24) is 10.6 Å². The van der Waals surface area contributed by atoms with E-state index in [1.807, 2.05) is 18.2 Å². The maximum atomic E-state index is 11.4. The molecule has 0 spiro atoms. The van der Waals surface area contributed by atoms with Gasteiger partial charge in [0.15, 0.2) is 5.96 Å². The summed E-state index contributed by atoms with van der Waals surface area (Å²) < 4.78 is 28.6. The van der Waals surface area contributed by atoms with Crippen molar-refractivity contribution in [3.05, 3.63) is 42.5 Å². The number of sulfone groups is 1. The fourth-order valence-corrected chi connectivity index (χ4v) is 3.74. The van der Waals surface area contributed by atoms with Gasteiger partial charge in [0, 0.05) is 26.4 Å². The Labute approximate surface area is 197 Å². The minimum Gasteiger partial charge on any atom is -0.494 e. The maximum absolute atomic E-state index is 11.4. The molecule has 168 valence electrons. The largest absolute Gasteiger partial charge is 0.494 e. The molecule has 0 fully saturated rings. The van der Waals surface area contributed by atoms with E-state index in [2.05, 4.69) is 53.7 Å². The van der Waals surface area contributed by atoms with Crippen molar-refractivity contribution in [2.45, 2.75) is 26.7 Å². The SMILES string of the molecule is CN=C(NCCCOc1ccc2ccccc2c1)NCC(C)(C)CCS(C)(=O)=O.I. The Kier molecular flexibility index (Phi) is 10.9. The summed E-state index contributed by atoms with van der Waals surface area (Å²) in [7, 11) is -1.22. The van der Waals surface area contributed by atoms with Crippen LogP contribution in [0.3, 0.4) is 0 Å². The van der Waals surface area contributed by atoms with E-state index in [1.54, 1.807) is 7.05 Å². The summed E-state index contributed by atoms with van der Waals surface area (Å²) in [6, 6.07) is 14.3. The van der Waals surface area contributed by atoms with Crippen LogP contribution < -0.4 is 15.4 Å². The van der Waals surface area contributed by atoms with Crippen LogP contribution >= 0.6 is 24.0 Å². The van der Waals surface area contributed by atoms with Crippen molar-refractivity contribution in [3.8, 4) is 5.75 Å². The van der Waals surface area contributed by atoms with Crippen LogP contribution in [0, 0.1) is 5.41 Å². The van der Waals surface area contributed by atoms with Crippen molar-refractivity contribution >= 4 is 50.5 Å². The molecule has 2 rings (SSSR count). The second kappa shape index (κ2) is 12.3. The number of nitrogens with zero attached hydrogens (tertiary/aromatic N) is 1. The van der Waals surface area contributed by atoms with Gasteiger partial charge >= 0.3 is 0 Å². The summed E-state index contributed by atoms with van der Waals surface area (Å²) in [5, 5.41) is 8.93. The smallest absolute Gasteiger partial charge is 0.190 e. The first kappa shape index (κ1) is 26.5. The molecule has 0 aliphatic heterocycles. The van der Waals surface area contributed by atoms with Crippen molar-refractivity contribution in [1.29, 1.82) is 0 Å². The highest BCUT2D eigenvalue weighted by Crippen LogP contribution is 2.21. The number of hydrogen-bond donors (Lipinski definition) is 2. The lowest BCUT2D eigenvalue weighted by Gasteiger charge is -2.25. The number of rotatable bonds is 10. The molecule has 0 saturated heterocycles. The quantitative estimate of drug-likeness (QED) is 0.205. The second-order valence-corrected chi connectivity index (χ2v) is 10.4. The van der Waals surface area contributed by atoms with Gasteiger partial charge in [-0.25, -0.2) is 8.42 Å². The molecule has 0 atom stereocenters. The van der Waals surface area contributed by atoms with Crippen LogP contribution in [0.25, 0.3) is 10.8 Å². The molecular formula is C22H34IN3O3S. The van der Waals surface area contributed by atoms with Gasteiger partial charge < -0.3 is 15.4 Å². The summed E-state index contributed by atoms with van der Waals surface area (Å²) in [4.78, 5) is 4.23. The molecule has 30 heavy (non-hydrogen) atoms. The van der Waals surface area contributed by atoms with Crippen molar-refractivity contribution in [3.63, 3.8) is 0 Å². The van der Waals surface area contributed by atoms with Gasteiger partial charge in [-0.05, 0) is 41.2 Å². The Morgan fingerprint density at radius 3 is 2.47 bits per heavy atom. The number of guanidine groups is 1. The molecule has 0 aliphatic carbocycles. The van der Waals surface area contributed by atoms with E-state index < -0.39 is 9.84 Å². The number of aliphatic imine (C=N–C) groups is 1. The van der Waals surface area contributed by atoms with E-state index in [9.17, 15) is 8.42 Å². The van der Waals surface area contributed by atoms with Crippen LogP contribution in [-0.2, 0) is 9.84 Å². The normalized spacial score (nSPS) is 12.3. The predicted molar refractivity (Wildman–Crippen MR) is 137 cm³/mol. The van der Waals surface area contributed by atoms with E-state index in [1.165, 1.54) is 17.0 Å². The number of fused-ring (bicyclic) bond motifs is 1. The third kappa shape index (κ3) is 9.97. The van der Waals surface area contributed by atoms with Crippen LogP contribution in [0.5, 0.6) is 5.75 Å². The second-order valence-electron chi connectivity index (χ2n) is 8.11. The topological polar surface area (TPSA) is 79.8 Å². The molecule has 0 aliphatic rings. The molecule has 8 heteroatoms. The third-order valence-corrected chi connectivity index (χ3v) is 5.66. The zero-order chi connectivity index (χ0) is 21.3. The molecule has 2 N–H and O–H groups in total. The van der Waals surface area contributed by atoms with E-state index in [0.29, 0.717) is 25.5 Å². The Hall–Kier alpha value is -1.55. The molecule has 0 unspecified atom stereocenters. The maximum Gasteiger partial charge on any atom is 0.190 e. The highest BCUT2D eigenvalue weighted by Gasteiger charge is 2.20. The predicted octanol–water partition coefficient (Wildman–Crippen LogP) is 3.85. The van der Waals surface area contributed by atoms with E-state index in [0.717, 1.165) is 18.7 Å². The number of benzene rings is 2. The molecule has 0 heterocycles. The summed E-state index contributed by atoms with van der Waals surface area (Å²) in [5.74, 6) is 1.78. The van der Waals surface area contributed by atoms with E-state index in [4.69, 9.17) is 4.74 Å². The number of hydrogen-bond acceptors (Lipinski definition) is 4. The highest BCUT2D eigenvalue weighted by molar-refractivity contribution is 14.0. The molecule has 0 amide bonds. The molecule has 2 aromatic carbocycles. The van der Waals surface area contributed by atoms with Gasteiger partial charge in [0.1, 0.15) is 15.6 Å². The zero-order valence-electron chi connectivity index (χ0n) is 18.3. The van der Waals surface area contributed by atoms with Crippen LogP contribution in [0.15, 0.2) is 47.5 Å². The number of ether oxygens (including phenoxy) is 1. The molecule has 0 radical (unpaired) electrons. The zero-order valence-corrected chi connectivity index (χ0v) is 21.4. The lowest BCUT2D eigenvalue weighted by molar-refractivity contribution is 0.311. The first-order valence-corrected chi connectivity index (χ1v) is 12.0. The Bertz CT molecular complexity index is 930. The van der Waals surface area contributed by atoms with Gasteiger partial charge in [-0.3, -0.25) is 4.99 Å². The van der Waals surface area contributed by atoms with Crippen LogP contribution in [0.1, 0.15) is 26.7 Å².